The number of piperidine rings is 1. The Bertz CT molecular complexity index is 645. The molecule has 2 saturated heterocycles. The normalized spacial score (nSPS) is 24.5. The second-order valence-corrected chi connectivity index (χ2v) is 7.83. The van der Waals surface area contributed by atoms with Crippen LogP contribution in [-0.4, -0.2) is 77.4 Å². The number of nitrogens with zero attached hydrogens (tertiary/aromatic N) is 3. The molecule has 1 aromatic carbocycles. The fraction of sp³-hybridized carbons (Fsp3) is 0.600. The molecule has 0 aromatic heterocycles. The first-order valence-electron chi connectivity index (χ1n) is 9.51. The third kappa shape index (κ3) is 4.36. The van der Waals surface area contributed by atoms with Crippen LogP contribution in [-0.2, 0) is 4.79 Å². The number of rotatable bonds is 3. The van der Waals surface area contributed by atoms with Gasteiger partial charge in [0.05, 0.1) is 12.1 Å². The molecule has 3 rings (SSSR count). The molecule has 2 fully saturated rings. The summed E-state index contributed by atoms with van der Waals surface area (Å²) in [5.74, 6) is 1.20. The van der Waals surface area contributed by atoms with Gasteiger partial charge in [0, 0.05) is 39.3 Å². The molecule has 6 heteroatoms. The van der Waals surface area contributed by atoms with E-state index in [2.05, 4.69) is 18.7 Å². The Hall–Kier alpha value is -2.08. The van der Waals surface area contributed by atoms with Crippen molar-refractivity contribution in [2.24, 2.45) is 11.8 Å². The Morgan fingerprint density at radius 2 is 1.62 bits per heavy atom. The van der Waals surface area contributed by atoms with Crippen LogP contribution in [0.4, 0.5) is 0 Å². The number of hydrogen-bond donors (Lipinski definition) is 1. The van der Waals surface area contributed by atoms with E-state index < -0.39 is 0 Å². The van der Waals surface area contributed by atoms with E-state index in [0.717, 1.165) is 13.1 Å². The second-order valence-electron chi connectivity index (χ2n) is 7.83. The van der Waals surface area contributed by atoms with Gasteiger partial charge < -0.3 is 14.9 Å². The van der Waals surface area contributed by atoms with E-state index in [1.165, 1.54) is 12.5 Å². The highest BCUT2D eigenvalue weighted by Crippen LogP contribution is 2.22. The molecule has 0 bridgehead atoms. The summed E-state index contributed by atoms with van der Waals surface area (Å²) in [6.45, 7) is 9.08. The van der Waals surface area contributed by atoms with Crippen LogP contribution in [0.5, 0.6) is 5.75 Å². The molecule has 1 N–H and O–H groups in total. The molecule has 2 atom stereocenters. The lowest BCUT2D eigenvalue weighted by Gasteiger charge is -2.38. The van der Waals surface area contributed by atoms with Gasteiger partial charge in [-0.3, -0.25) is 14.5 Å². The molecule has 26 heavy (non-hydrogen) atoms. The smallest absolute Gasteiger partial charge is 0.257 e. The average Bonchev–Trinajstić information content (AvgIpc) is 2.61. The third-order valence-corrected chi connectivity index (χ3v) is 5.37. The van der Waals surface area contributed by atoms with Crippen LogP contribution in [0.1, 0.15) is 30.6 Å². The highest BCUT2D eigenvalue weighted by molar-refractivity contribution is 5.96. The molecule has 2 amide bonds. The Balaban J connectivity index is 1.50. The predicted octanol–water partition coefficient (Wildman–Crippen LogP) is 1.65. The first kappa shape index (κ1) is 18.7. The summed E-state index contributed by atoms with van der Waals surface area (Å²) < 4.78 is 0. The van der Waals surface area contributed by atoms with Crippen LogP contribution >= 0.6 is 0 Å². The van der Waals surface area contributed by atoms with Gasteiger partial charge in [0.2, 0.25) is 5.91 Å². The number of carbonyl (C=O) groups excluding carboxylic acids is 2. The Morgan fingerprint density at radius 1 is 1.00 bits per heavy atom. The summed E-state index contributed by atoms with van der Waals surface area (Å²) in [6, 6.07) is 6.63. The Labute approximate surface area is 155 Å². The molecule has 2 aliphatic rings. The molecule has 142 valence electrons. The summed E-state index contributed by atoms with van der Waals surface area (Å²) in [5, 5.41) is 9.86. The highest BCUT2D eigenvalue weighted by atomic mass is 16.3. The van der Waals surface area contributed by atoms with Gasteiger partial charge in [-0.1, -0.05) is 26.0 Å². The van der Waals surface area contributed by atoms with Gasteiger partial charge in [-0.2, -0.15) is 0 Å². The maximum atomic E-state index is 12.6. The number of hydrogen-bond acceptors (Lipinski definition) is 4. The van der Waals surface area contributed by atoms with Crippen molar-refractivity contribution < 1.29 is 14.7 Å². The van der Waals surface area contributed by atoms with Crippen LogP contribution in [0.15, 0.2) is 24.3 Å². The molecule has 6 nitrogen and oxygen atoms in total. The summed E-state index contributed by atoms with van der Waals surface area (Å²) >= 11 is 0. The number of phenols is 1. The van der Waals surface area contributed by atoms with Crippen molar-refractivity contribution in [2.75, 3.05) is 45.8 Å². The van der Waals surface area contributed by atoms with E-state index in [-0.39, 0.29) is 17.6 Å². The molecule has 0 aliphatic carbocycles. The van der Waals surface area contributed by atoms with E-state index in [1.54, 1.807) is 23.1 Å². The van der Waals surface area contributed by atoms with Crippen LogP contribution in [0, 0.1) is 11.8 Å². The summed E-state index contributed by atoms with van der Waals surface area (Å²) in [7, 11) is 0. The zero-order valence-corrected chi connectivity index (χ0v) is 15.7. The monoisotopic (exact) mass is 359 g/mol. The second kappa shape index (κ2) is 8.08. The van der Waals surface area contributed by atoms with Gasteiger partial charge in [0.1, 0.15) is 5.75 Å². The largest absolute Gasteiger partial charge is 0.507 e. The molecule has 2 heterocycles. The van der Waals surface area contributed by atoms with Gasteiger partial charge in [-0.15, -0.1) is 0 Å². The minimum absolute atomic E-state index is 0.0171. The minimum atomic E-state index is -0.146. The van der Waals surface area contributed by atoms with Crippen LogP contribution in [0.3, 0.4) is 0 Å². The zero-order chi connectivity index (χ0) is 18.7. The Morgan fingerprint density at radius 3 is 2.23 bits per heavy atom. The molecule has 0 radical (unpaired) electrons. The number of benzene rings is 1. The van der Waals surface area contributed by atoms with E-state index >= 15 is 0 Å². The van der Waals surface area contributed by atoms with Crippen molar-refractivity contribution in [2.45, 2.75) is 20.3 Å². The van der Waals surface area contributed by atoms with Crippen molar-refractivity contribution in [3.63, 3.8) is 0 Å². The standard InChI is InChI=1S/C20H29N3O3/c1-15-11-16(2)13-23(12-15)19(25)14-21-7-9-22(10-8-21)20(26)17-5-3-4-6-18(17)24/h3-6,15-16,24H,7-14H2,1-2H3. The van der Waals surface area contributed by atoms with E-state index in [9.17, 15) is 14.7 Å². The topological polar surface area (TPSA) is 64.1 Å². The Kier molecular flexibility index (Phi) is 5.81. The van der Waals surface area contributed by atoms with Crippen molar-refractivity contribution >= 4 is 11.8 Å². The van der Waals surface area contributed by atoms with Gasteiger partial charge in [-0.05, 0) is 30.4 Å². The third-order valence-electron chi connectivity index (χ3n) is 5.37. The summed E-state index contributed by atoms with van der Waals surface area (Å²) in [5.41, 5.74) is 0.341. The maximum Gasteiger partial charge on any atom is 0.257 e. The fourth-order valence-corrected chi connectivity index (χ4v) is 4.09. The van der Waals surface area contributed by atoms with Gasteiger partial charge >= 0.3 is 0 Å². The number of amides is 2. The lowest BCUT2D eigenvalue weighted by Crippen LogP contribution is -2.53. The van der Waals surface area contributed by atoms with E-state index in [1.807, 2.05) is 4.90 Å². The van der Waals surface area contributed by atoms with E-state index in [4.69, 9.17) is 0 Å². The zero-order valence-electron chi connectivity index (χ0n) is 15.7. The number of phenolic OH excluding ortho intramolecular Hbond substituents is 1. The molecule has 2 aliphatic heterocycles. The highest BCUT2D eigenvalue weighted by Gasteiger charge is 2.28. The number of carbonyl (C=O) groups is 2. The molecular weight excluding hydrogens is 330 g/mol. The maximum absolute atomic E-state index is 12.6. The first-order valence-corrected chi connectivity index (χ1v) is 9.51. The fourth-order valence-electron chi connectivity index (χ4n) is 4.09. The van der Waals surface area contributed by atoms with Crippen molar-refractivity contribution in [3.8, 4) is 5.75 Å². The molecule has 0 spiro atoms. The van der Waals surface area contributed by atoms with E-state index in [0.29, 0.717) is 50.1 Å². The number of likely N-dealkylation sites (tertiary alicyclic amines) is 1. The first-order chi connectivity index (χ1) is 12.4. The van der Waals surface area contributed by atoms with Crippen LogP contribution in [0.25, 0.3) is 0 Å². The number of para-hydroxylation sites is 1. The van der Waals surface area contributed by atoms with Crippen LogP contribution in [0.2, 0.25) is 0 Å². The van der Waals surface area contributed by atoms with Gasteiger partial charge in [0.25, 0.3) is 5.91 Å². The van der Waals surface area contributed by atoms with Gasteiger partial charge in [-0.25, -0.2) is 0 Å². The van der Waals surface area contributed by atoms with Crippen molar-refractivity contribution in [1.29, 1.82) is 0 Å². The van der Waals surface area contributed by atoms with Crippen molar-refractivity contribution in [3.05, 3.63) is 29.8 Å². The summed E-state index contributed by atoms with van der Waals surface area (Å²) in [4.78, 5) is 31.0. The SMILES string of the molecule is CC1CC(C)CN(C(=O)CN2CCN(C(=O)c3ccccc3O)CC2)C1. The number of piperazine rings is 1. The summed E-state index contributed by atoms with van der Waals surface area (Å²) in [6.07, 6.45) is 1.19. The minimum Gasteiger partial charge on any atom is -0.507 e. The lowest BCUT2D eigenvalue weighted by molar-refractivity contribution is -0.135. The number of aromatic hydroxyl groups is 1. The van der Waals surface area contributed by atoms with Crippen molar-refractivity contribution in [1.82, 2.24) is 14.7 Å². The van der Waals surface area contributed by atoms with Gasteiger partial charge in [0.15, 0.2) is 0 Å². The molecule has 1 aromatic rings. The lowest BCUT2D eigenvalue weighted by atomic mass is 9.92. The molecule has 0 saturated carbocycles. The quantitative estimate of drug-likeness (QED) is 0.891. The predicted molar refractivity (Wildman–Crippen MR) is 100.0 cm³/mol. The van der Waals surface area contributed by atoms with Crippen LogP contribution < -0.4 is 0 Å². The average molecular weight is 359 g/mol. The molecular formula is C20H29N3O3. The molecule has 2 unspecified atom stereocenters.